The monoisotopic (exact) mass is 298 g/mol. The zero-order valence-electron chi connectivity index (χ0n) is 11.4. The molecule has 2 amide bonds. The first-order valence-corrected chi connectivity index (χ1v) is 6.89. The second-order valence-electron chi connectivity index (χ2n) is 4.21. The van der Waals surface area contributed by atoms with Gasteiger partial charge in [0.15, 0.2) is 0 Å². The summed E-state index contributed by atoms with van der Waals surface area (Å²) in [5.74, 6) is -0.552. The molecular formula is C14H19ClN2O3. The summed E-state index contributed by atoms with van der Waals surface area (Å²) in [6.07, 6.45) is 0.526. The maximum atomic E-state index is 11.9. The van der Waals surface area contributed by atoms with E-state index in [0.29, 0.717) is 30.1 Å². The van der Waals surface area contributed by atoms with E-state index < -0.39 is 0 Å². The average Bonchev–Trinajstić information content (AvgIpc) is 2.46. The molecule has 0 spiro atoms. The van der Waals surface area contributed by atoms with Gasteiger partial charge in [0.2, 0.25) is 5.91 Å². The van der Waals surface area contributed by atoms with Crippen molar-refractivity contribution in [2.75, 3.05) is 26.2 Å². The molecule has 2 N–H and O–H groups in total. The van der Waals surface area contributed by atoms with Crippen molar-refractivity contribution in [1.82, 2.24) is 10.2 Å². The maximum absolute atomic E-state index is 11.9. The third-order valence-electron chi connectivity index (χ3n) is 2.84. The van der Waals surface area contributed by atoms with E-state index in [4.69, 9.17) is 16.7 Å². The lowest BCUT2D eigenvalue weighted by Gasteiger charge is -2.20. The molecular weight excluding hydrogens is 280 g/mol. The molecule has 0 unspecified atom stereocenters. The van der Waals surface area contributed by atoms with Crippen LogP contribution < -0.4 is 5.32 Å². The van der Waals surface area contributed by atoms with Crippen LogP contribution in [0.2, 0.25) is 5.02 Å². The summed E-state index contributed by atoms with van der Waals surface area (Å²) < 4.78 is 0. The van der Waals surface area contributed by atoms with Gasteiger partial charge in [-0.25, -0.2) is 0 Å². The smallest absolute Gasteiger partial charge is 0.253 e. The molecule has 110 valence electrons. The van der Waals surface area contributed by atoms with Crippen molar-refractivity contribution in [3.05, 3.63) is 34.9 Å². The summed E-state index contributed by atoms with van der Waals surface area (Å²) in [4.78, 5) is 25.4. The second-order valence-corrected chi connectivity index (χ2v) is 4.62. The van der Waals surface area contributed by atoms with Crippen LogP contribution in [0.3, 0.4) is 0 Å². The summed E-state index contributed by atoms with van der Waals surface area (Å²) >= 11 is 5.91. The Hall–Kier alpha value is -1.59. The van der Waals surface area contributed by atoms with Crippen LogP contribution >= 0.6 is 11.6 Å². The number of nitrogens with zero attached hydrogens (tertiary/aromatic N) is 1. The summed E-state index contributed by atoms with van der Waals surface area (Å²) in [7, 11) is 0. The number of carbonyl (C=O) groups is 2. The Kier molecular flexibility index (Phi) is 7.04. The van der Waals surface area contributed by atoms with Crippen LogP contribution in [0, 0.1) is 0 Å². The van der Waals surface area contributed by atoms with Gasteiger partial charge in [-0.3, -0.25) is 9.59 Å². The molecule has 0 saturated carbocycles. The highest BCUT2D eigenvalue weighted by atomic mass is 35.5. The van der Waals surface area contributed by atoms with E-state index in [1.54, 1.807) is 29.2 Å². The predicted octanol–water partition coefficient (Wildman–Crippen LogP) is 1.30. The van der Waals surface area contributed by atoms with Crippen LogP contribution in [0.25, 0.3) is 0 Å². The van der Waals surface area contributed by atoms with Crippen LogP contribution in [-0.4, -0.2) is 48.1 Å². The highest BCUT2D eigenvalue weighted by Crippen LogP contribution is 2.14. The number of halogens is 1. The van der Waals surface area contributed by atoms with Gasteiger partial charge in [0.1, 0.15) is 0 Å². The van der Waals surface area contributed by atoms with Crippen LogP contribution in [0.5, 0.6) is 0 Å². The number of likely N-dealkylation sites (N-methyl/N-ethyl adjacent to an activating group) is 1. The number of hydrogen-bond donors (Lipinski definition) is 2. The third-order valence-corrected chi connectivity index (χ3v) is 3.17. The van der Waals surface area contributed by atoms with Gasteiger partial charge in [0, 0.05) is 19.7 Å². The van der Waals surface area contributed by atoms with Crippen molar-refractivity contribution in [2.24, 2.45) is 0 Å². The summed E-state index contributed by atoms with van der Waals surface area (Å²) in [6.45, 7) is 2.83. The lowest BCUT2D eigenvalue weighted by atomic mass is 10.2. The molecule has 0 saturated heterocycles. The Morgan fingerprint density at radius 1 is 1.35 bits per heavy atom. The van der Waals surface area contributed by atoms with Crippen molar-refractivity contribution in [2.45, 2.75) is 13.3 Å². The molecule has 0 fully saturated rings. The number of benzene rings is 1. The van der Waals surface area contributed by atoms with Crippen LogP contribution in [0.4, 0.5) is 0 Å². The molecule has 0 radical (unpaired) electrons. The summed E-state index contributed by atoms with van der Waals surface area (Å²) in [5.41, 5.74) is 0.348. The molecule has 0 aromatic heterocycles. The normalized spacial score (nSPS) is 10.2. The van der Waals surface area contributed by atoms with E-state index >= 15 is 0 Å². The molecule has 1 aromatic rings. The number of hydrogen-bond acceptors (Lipinski definition) is 3. The van der Waals surface area contributed by atoms with E-state index in [-0.39, 0.29) is 25.0 Å². The Balaban J connectivity index is 2.52. The van der Waals surface area contributed by atoms with Gasteiger partial charge in [-0.05, 0) is 25.5 Å². The Morgan fingerprint density at radius 3 is 2.65 bits per heavy atom. The predicted molar refractivity (Wildman–Crippen MR) is 77.7 cm³/mol. The fourth-order valence-electron chi connectivity index (χ4n) is 1.73. The maximum Gasteiger partial charge on any atom is 0.253 e. The van der Waals surface area contributed by atoms with Crippen molar-refractivity contribution >= 4 is 23.4 Å². The quantitative estimate of drug-likeness (QED) is 0.797. The molecule has 20 heavy (non-hydrogen) atoms. The topological polar surface area (TPSA) is 69.6 Å². The molecule has 1 aromatic carbocycles. The number of carbonyl (C=O) groups excluding carboxylic acids is 2. The van der Waals surface area contributed by atoms with Gasteiger partial charge in [-0.1, -0.05) is 23.7 Å². The lowest BCUT2D eigenvalue weighted by molar-refractivity contribution is -0.130. The number of aliphatic hydroxyl groups excluding tert-OH is 1. The van der Waals surface area contributed by atoms with Gasteiger partial charge in [-0.2, -0.15) is 0 Å². The largest absolute Gasteiger partial charge is 0.396 e. The van der Waals surface area contributed by atoms with Gasteiger partial charge in [-0.15, -0.1) is 0 Å². The minimum absolute atomic E-state index is 0.0375. The zero-order chi connectivity index (χ0) is 15.0. The third kappa shape index (κ3) is 4.83. The highest BCUT2D eigenvalue weighted by Gasteiger charge is 2.14. The van der Waals surface area contributed by atoms with Crippen LogP contribution in [-0.2, 0) is 4.79 Å². The van der Waals surface area contributed by atoms with Crippen molar-refractivity contribution in [1.29, 1.82) is 0 Å². The van der Waals surface area contributed by atoms with E-state index in [2.05, 4.69) is 5.32 Å². The molecule has 0 heterocycles. The van der Waals surface area contributed by atoms with Crippen LogP contribution in [0.1, 0.15) is 23.7 Å². The fourth-order valence-corrected chi connectivity index (χ4v) is 1.95. The standard InChI is InChI=1S/C14H19ClN2O3/c1-2-17(8-5-9-18)13(19)10-16-14(20)11-6-3-4-7-12(11)15/h3-4,6-7,18H,2,5,8-10H2,1H3,(H,16,20). The molecule has 0 aliphatic heterocycles. The summed E-state index contributed by atoms with van der Waals surface area (Å²) in [6, 6.07) is 6.67. The van der Waals surface area contributed by atoms with Crippen molar-refractivity contribution < 1.29 is 14.7 Å². The van der Waals surface area contributed by atoms with Gasteiger partial charge >= 0.3 is 0 Å². The number of amides is 2. The first-order chi connectivity index (χ1) is 9.60. The molecule has 5 nitrogen and oxygen atoms in total. The Bertz CT molecular complexity index is 465. The highest BCUT2D eigenvalue weighted by molar-refractivity contribution is 6.33. The first-order valence-electron chi connectivity index (χ1n) is 6.51. The fraction of sp³-hybridized carbons (Fsp3) is 0.429. The zero-order valence-corrected chi connectivity index (χ0v) is 12.2. The molecule has 0 bridgehead atoms. The summed E-state index contributed by atoms with van der Waals surface area (Å²) in [5, 5.41) is 11.7. The Labute approximate surface area is 123 Å². The molecule has 0 atom stereocenters. The molecule has 1 rings (SSSR count). The second kappa shape index (κ2) is 8.55. The number of aliphatic hydroxyl groups is 1. The van der Waals surface area contributed by atoms with E-state index in [1.807, 2.05) is 6.92 Å². The average molecular weight is 299 g/mol. The first kappa shape index (κ1) is 16.5. The van der Waals surface area contributed by atoms with Gasteiger partial charge < -0.3 is 15.3 Å². The number of rotatable bonds is 7. The molecule has 0 aliphatic rings. The van der Waals surface area contributed by atoms with Gasteiger partial charge in [0.25, 0.3) is 5.91 Å². The minimum atomic E-state index is -0.373. The van der Waals surface area contributed by atoms with Crippen LogP contribution in [0.15, 0.2) is 24.3 Å². The SMILES string of the molecule is CCN(CCCO)C(=O)CNC(=O)c1ccccc1Cl. The van der Waals surface area contributed by atoms with E-state index in [0.717, 1.165) is 0 Å². The molecule has 6 heteroatoms. The lowest BCUT2D eigenvalue weighted by Crippen LogP contribution is -2.40. The van der Waals surface area contributed by atoms with Crippen molar-refractivity contribution in [3.8, 4) is 0 Å². The molecule has 0 aliphatic carbocycles. The number of nitrogens with one attached hydrogen (secondary N) is 1. The van der Waals surface area contributed by atoms with E-state index in [1.165, 1.54) is 0 Å². The van der Waals surface area contributed by atoms with E-state index in [9.17, 15) is 9.59 Å². The van der Waals surface area contributed by atoms with Gasteiger partial charge in [0.05, 0.1) is 17.1 Å². The minimum Gasteiger partial charge on any atom is -0.396 e. The Morgan fingerprint density at radius 2 is 2.05 bits per heavy atom. The van der Waals surface area contributed by atoms with Crippen molar-refractivity contribution in [3.63, 3.8) is 0 Å².